The molecule has 0 radical (unpaired) electrons. The number of hydrogen-bond donors (Lipinski definition) is 2. The molecule has 0 aromatic carbocycles. The molecule has 2 aliphatic heterocycles. The van der Waals surface area contributed by atoms with E-state index < -0.39 is 18.1 Å². The highest BCUT2D eigenvalue weighted by Crippen LogP contribution is 2.43. The number of aromatic amines is 1. The van der Waals surface area contributed by atoms with Crippen LogP contribution < -0.4 is 0 Å². The molecule has 2 aliphatic rings. The Bertz CT molecular complexity index is 773. The predicted octanol–water partition coefficient (Wildman–Crippen LogP) is 0.899. The Hall–Kier alpha value is -1.39. The van der Waals surface area contributed by atoms with E-state index in [4.69, 9.17) is 26.4 Å². The number of rotatable bonds is 2. The van der Waals surface area contributed by atoms with Crippen LogP contribution >= 0.6 is 12.2 Å². The number of nitrogens with one attached hydrogen (secondary N) is 1. The minimum absolute atomic E-state index is 0.138. The van der Waals surface area contributed by atoms with Crippen molar-refractivity contribution in [1.29, 1.82) is 0 Å². The summed E-state index contributed by atoms with van der Waals surface area (Å²) in [4.78, 5) is 11.3. The van der Waals surface area contributed by atoms with Crippen LogP contribution in [0.5, 0.6) is 0 Å². The van der Waals surface area contributed by atoms with Crippen molar-refractivity contribution in [3.63, 3.8) is 0 Å². The third-order valence-corrected chi connectivity index (χ3v) is 4.26. The Labute approximate surface area is 131 Å². The number of aromatic nitrogens is 4. The smallest absolute Gasteiger partial charge is 0.166 e. The van der Waals surface area contributed by atoms with Gasteiger partial charge in [0.25, 0.3) is 0 Å². The average molecular weight is 324 g/mol. The lowest BCUT2D eigenvalue weighted by Gasteiger charge is -2.24. The quantitative estimate of drug-likeness (QED) is 0.793. The van der Waals surface area contributed by atoms with E-state index in [9.17, 15) is 5.11 Å². The molecule has 9 heteroatoms. The van der Waals surface area contributed by atoms with Crippen molar-refractivity contribution in [2.24, 2.45) is 0 Å². The molecule has 118 valence electrons. The normalized spacial score (nSPS) is 33.4. The highest BCUT2D eigenvalue weighted by Gasteiger charge is 2.55. The van der Waals surface area contributed by atoms with Gasteiger partial charge in [0.15, 0.2) is 16.7 Å². The number of ether oxygens (including phenoxy) is 3. The van der Waals surface area contributed by atoms with E-state index in [1.54, 1.807) is 6.33 Å². The molecule has 2 fully saturated rings. The molecule has 4 atom stereocenters. The van der Waals surface area contributed by atoms with Gasteiger partial charge in [0.1, 0.15) is 29.5 Å². The summed E-state index contributed by atoms with van der Waals surface area (Å²) >= 11 is 5.17. The van der Waals surface area contributed by atoms with Crippen LogP contribution in [0.25, 0.3) is 11.2 Å². The molecular weight excluding hydrogens is 308 g/mol. The number of imidazole rings is 1. The topological polar surface area (TPSA) is 94.4 Å². The third-order valence-electron chi connectivity index (χ3n) is 3.96. The van der Waals surface area contributed by atoms with Gasteiger partial charge < -0.3 is 24.3 Å². The van der Waals surface area contributed by atoms with E-state index in [1.165, 1.54) is 6.33 Å². The molecular formula is C13H16N4O4S. The fourth-order valence-electron chi connectivity index (χ4n) is 3.10. The van der Waals surface area contributed by atoms with Gasteiger partial charge >= 0.3 is 0 Å². The minimum Gasteiger partial charge on any atom is -0.394 e. The number of fused-ring (bicyclic) bond motifs is 2. The van der Waals surface area contributed by atoms with Gasteiger partial charge in [-0.1, -0.05) is 12.2 Å². The van der Waals surface area contributed by atoms with Crippen LogP contribution in [0, 0.1) is 4.64 Å². The Balaban J connectivity index is 1.78. The van der Waals surface area contributed by atoms with Crippen LogP contribution in [0.15, 0.2) is 12.7 Å². The van der Waals surface area contributed by atoms with E-state index in [1.807, 2.05) is 18.4 Å². The van der Waals surface area contributed by atoms with Crippen molar-refractivity contribution >= 4 is 23.4 Å². The molecule has 0 unspecified atom stereocenters. The van der Waals surface area contributed by atoms with E-state index >= 15 is 0 Å². The summed E-state index contributed by atoms with van der Waals surface area (Å²) in [7, 11) is 0. The molecule has 2 aromatic heterocycles. The summed E-state index contributed by atoms with van der Waals surface area (Å²) in [5.74, 6) is -0.713. The van der Waals surface area contributed by atoms with E-state index in [-0.39, 0.29) is 18.8 Å². The third kappa shape index (κ3) is 2.01. The van der Waals surface area contributed by atoms with Crippen molar-refractivity contribution in [1.82, 2.24) is 19.5 Å². The van der Waals surface area contributed by atoms with Gasteiger partial charge in [0, 0.05) is 0 Å². The van der Waals surface area contributed by atoms with Crippen LogP contribution in [0.2, 0.25) is 0 Å². The minimum atomic E-state index is -0.713. The first-order valence-corrected chi connectivity index (χ1v) is 7.43. The second-order valence-corrected chi connectivity index (χ2v) is 6.26. The molecule has 0 saturated carbocycles. The second-order valence-electron chi connectivity index (χ2n) is 5.87. The zero-order valence-electron chi connectivity index (χ0n) is 12.1. The van der Waals surface area contributed by atoms with Gasteiger partial charge in [-0.05, 0) is 13.8 Å². The van der Waals surface area contributed by atoms with Gasteiger partial charge in [-0.15, -0.1) is 0 Å². The van der Waals surface area contributed by atoms with E-state index in [0.717, 1.165) is 0 Å². The van der Waals surface area contributed by atoms with Gasteiger partial charge in [-0.2, -0.15) is 0 Å². The lowest BCUT2D eigenvalue weighted by atomic mass is 10.1. The van der Waals surface area contributed by atoms with Crippen LogP contribution in [0.1, 0.15) is 20.1 Å². The van der Waals surface area contributed by atoms with Crippen LogP contribution in [-0.4, -0.2) is 55.3 Å². The van der Waals surface area contributed by atoms with E-state index in [0.29, 0.717) is 15.8 Å². The molecule has 4 heterocycles. The van der Waals surface area contributed by atoms with Crippen LogP contribution in [0.3, 0.4) is 0 Å². The molecule has 2 saturated heterocycles. The van der Waals surface area contributed by atoms with Gasteiger partial charge in [-0.3, -0.25) is 4.57 Å². The van der Waals surface area contributed by atoms with Gasteiger partial charge in [-0.25, -0.2) is 9.97 Å². The Morgan fingerprint density at radius 2 is 2.14 bits per heavy atom. The molecule has 0 aliphatic carbocycles. The van der Waals surface area contributed by atoms with Crippen molar-refractivity contribution in [2.45, 2.75) is 44.2 Å². The number of hydrogen-bond acceptors (Lipinski definition) is 7. The molecule has 2 aromatic rings. The Morgan fingerprint density at radius 1 is 1.36 bits per heavy atom. The zero-order chi connectivity index (χ0) is 15.5. The first-order chi connectivity index (χ1) is 10.5. The SMILES string of the molecule is CC1(C)O[C@@H]2[C@@H](O1)[C@@H](n1cnc3c(=S)nc[nH]c31)O[C@H]2CO. The van der Waals surface area contributed by atoms with Gasteiger partial charge in [0.05, 0.1) is 19.3 Å². The highest BCUT2D eigenvalue weighted by atomic mass is 32.1. The highest BCUT2D eigenvalue weighted by molar-refractivity contribution is 7.71. The maximum atomic E-state index is 9.54. The monoisotopic (exact) mass is 324 g/mol. The van der Waals surface area contributed by atoms with Crippen LogP contribution in [0.4, 0.5) is 0 Å². The van der Waals surface area contributed by atoms with E-state index in [2.05, 4.69) is 15.0 Å². The van der Waals surface area contributed by atoms with Crippen molar-refractivity contribution in [3.05, 3.63) is 17.3 Å². The average Bonchev–Trinajstić information content (AvgIpc) is 3.10. The molecule has 0 spiro atoms. The first kappa shape index (κ1) is 14.2. The van der Waals surface area contributed by atoms with Crippen molar-refractivity contribution in [3.8, 4) is 0 Å². The molecule has 0 bridgehead atoms. The molecule has 2 N–H and O–H groups in total. The summed E-state index contributed by atoms with van der Waals surface area (Å²) in [5, 5.41) is 9.54. The fraction of sp³-hybridized carbons (Fsp3) is 0.615. The Kier molecular flexibility index (Phi) is 3.10. The van der Waals surface area contributed by atoms with Gasteiger partial charge in [0.2, 0.25) is 0 Å². The summed E-state index contributed by atoms with van der Waals surface area (Å²) < 4.78 is 20.0. The summed E-state index contributed by atoms with van der Waals surface area (Å²) in [5.41, 5.74) is 1.30. The summed E-state index contributed by atoms with van der Waals surface area (Å²) in [6.07, 6.45) is 1.59. The zero-order valence-corrected chi connectivity index (χ0v) is 12.9. The van der Waals surface area contributed by atoms with Crippen molar-refractivity contribution in [2.75, 3.05) is 6.61 Å². The first-order valence-electron chi connectivity index (χ1n) is 7.02. The Morgan fingerprint density at radius 3 is 2.91 bits per heavy atom. The fourth-order valence-corrected chi connectivity index (χ4v) is 3.30. The maximum absolute atomic E-state index is 9.54. The standard InChI is InChI=1S/C13H16N4O4S/c1-13(2)20-8-6(3-18)19-12(9(8)21-13)17-5-16-7-10(17)14-4-15-11(7)22/h4-6,8-9,12,18H,3H2,1-2H3,(H,14,15,22)/t6-,8-,9+,12-/m0/s1. The number of H-pyrrole nitrogens is 1. The number of aliphatic hydroxyl groups is 1. The second kappa shape index (κ2) is 4.80. The summed E-state index contributed by atoms with van der Waals surface area (Å²) in [6, 6.07) is 0. The van der Waals surface area contributed by atoms with Crippen molar-refractivity contribution < 1.29 is 19.3 Å². The lowest BCUT2D eigenvalue weighted by molar-refractivity contribution is -0.199. The molecule has 0 amide bonds. The maximum Gasteiger partial charge on any atom is 0.166 e. The predicted molar refractivity (Wildman–Crippen MR) is 77.5 cm³/mol. The number of nitrogens with zero attached hydrogens (tertiary/aromatic N) is 3. The lowest BCUT2D eigenvalue weighted by Crippen LogP contribution is -2.31. The molecule has 4 rings (SSSR count). The molecule has 8 nitrogen and oxygen atoms in total. The molecule has 22 heavy (non-hydrogen) atoms. The van der Waals surface area contributed by atoms with Crippen LogP contribution in [-0.2, 0) is 14.2 Å². The largest absolute Gasteiger partial charge is 0.394 e. The summed E-state index contributed by atoms with van der Waals surface area (Å²) in [6.45, 7) is 3.56. The number of aliphatic hydroxyl groups excluding tert-OH is 1.